The van der Waals surface area contributed by atoms with Crippen LogP contribution in [0.15, 0.2) is 29.3 Å². The van der Waals surface area contributed by atoms with Crippen molar-refractivity contribution in [2.75, 3.05) is 5.32 Å². The second kappa shape index (κ2) is 6.25. The Balaban J connectivity index is 2.94. The largest absolute Gasteiger partial charge is 0.325 e. The van der Waals surface area contributed by atoms with Gasteiger partial charge in [0.05, 0.1) is 0 Å². The zero-order valence-electron chi connectivity index (χ0n) is 11.0. The summed E-state index contributed by atoms with van der Waals surface area (Å²) in [5, 5.41) is 3.22. The van der Waals surface area contributed by atoms with Gasteiger partial charge >= 0.3 is 0 Å². The first-order chi connectivity index (χ1) is 8.04. The number of nitrogens with two attached hydrogens (primary N) is 1. The quantitative estimate of drug-likeness (QED) is 0.326. The summed E-state index contributed by atoms with van der Waals surface area (Å²) in [5.74, 6) is 6.50. The molecule has 4 heteroatoms. The highest BCUT2D eigenvalue weighted by atomic mass is 15.3. The number of aliphatic imine (C=N–C) groups is 1. The van der Waals surface area contributed by atoms with Gasteiger partial charge in [-0.1, -0.05) is 32.0 Å². The Labute approximate surface area is 103 Å². The van der Waals surface area contributed by atoms with Crippen LogP contribution in [0, 0.1) is 0 Å². The highest BCUT2D eigenvalue weighted by Crippen LogP contribution is 2.23. The molecule has 0 bridgehead atoms. The van der Waals surface area contributed by atoms with E-state index in [2.05, 4.69) is 35.6 Å². The van der Waals surface area contributed by atoms with Crippen LogP contribution in [-0.2, 0) is 0 Å². The maximum absolute atomic E-state index is 5.45. The minimum atomic E-state index is 0.194. The summed E-state index contributed by atoms with van der Waals surface area (Å²) in [6, 6.07) is 8.37. The lowest BCUT2D eigenvalue weighted by molar-refractivity contribution is 0.818. The molecule has 0 saturated carbocycles. The second-order valence-electron chi connectivity index (χ2n) is 4.58. The Hall–Kier alpha value is -1.55. The molecule has 0 aromatic heterocycles. The van der Waals surface area contributed by atoms with E-state index in [0.717, 1.165) is 5.69 Å². The van der Waals surface area contributed by atoms with Crippen LogP contribution in [0.2, 0.25) is 0 Å². The van der Waals surface area contributed by atoms with Gasteiger partial charge in [0.25, 0.3) is 0 Å². The molecule has 0 heterocycles. The molecule has 0 unspecified atom stereocenters. The molecule has 0 atom stereocenters. The first-order valence-electron chi connectivity index (χ1n) is 5.95. The van der Waals surface area contributed by atoms with Gasteiger partial charge in [0, 0.05) is 11.7 Å². The summed E-state index contributed by atoms with van der Waals surface area (Å²) >= 11 is 0. The third-order valence-corrected chi connectivity index (χ3v) is 2.36. The lowest BCUT2D eigenvalue weighted by Gasteiger charge is -2.16. The third-order valence-electron chi connectivity index (χ3n) is 2.36. The Bertz CT molecular complexity index is 383. The number of hydrogen-bond donors (Lipinski definition) is 3. The van der Waals surface area contributed by atoms with E-state index in [-0.39, 0.29) is 6.04 Å². The molecule has 0 radical (unpaired) electrons. The van der Waals surface area contributed by atoms with Crippen molar-refractivity contribution in [3.05, 3.63) is 29.8 Å². The predicted molar refractivity (Wildman–Crippen MR) is 74.0 cm³/mol. The van der Waals surface area contributed by atoms with Crippen LogP contribution >= 0.6 is 0 Å². The van der Waals surface area contributed by atoms with Gasteiger partial charge in [-0.05, 0) is 31.4 Å². The molecule has 94 valence electrons. The van der Waals surface area contributed by atoms with Gasteiger partial charge in [-0.15, -0.1) is 0 Å². The van der Waals surface area contributed by atoms with E-state index in [1.165, 1.54) is 5.56 Å². The van der Waals surface area contributed by atoms with Crippen molar-refractivity contribution < 1.29 is 0 Å². The third kappa shape index (κ3) is 4.07. The van der Waals surface area contributed by atoms with Crippen molar-refractivity contribution in [3.63, 3.8) is 0 Å². The van der Waals surface area contributed by atoms with Gasteiger partial charge in [0.15, 0.2) is 0 Å². The van der Waals surface area contributed by atoms with Crippen LogP contribution in [0.5, 0.6) is 0 Å². The lowest BCUT2D eigenvalue weighted by atomic mass is 10.0. The van der Waals surface area contributed by atoms with Crippen LogP contribution in [-0.4, -0.2) is 12.0 Å². The maximum atomic E-state index is 5.45. The number of nitrogens with one attached hydrogen (secondary N) is 2. The standard InChI is InChI=1S/C13H22N4/c1-9(2)11-7-5-6-8-12(11)16-13(17-14)15-10(3)4/h5-10H,14H2,1-4H3,(H2,15,16,17). The minimum absolute atomic E-state index is 0.194. The van der Waals surface area contributed by atoms with E-state index in [1.807, 2.05) is 32.0 Å². The summed E-state index contributed by atoms with van der Waals surface area (Å²) < 4.78 is 0. The number of hydrogen-bond acceptors (Lipinski definition) is 2. The van der Waals surface area contributed by atoms with Gasteiger partial charge in [0.2, 0.25) is 5.96 Å². The minimum Gasteiger partial charge on any atom is -0.325 e. The van der Waals surface area contributed by atoms with Crippen LogP contribution in [0.1, 0.15) is 39.2 Å². The predicted octanol–water partition coefficient (Wildman–Crippen LogP) is 2.45. The van der Waals surface area contributed by atoms with E-state index in [9.17, 15) is 0 Å². The first-order valence-corrected chi connectivity index (χ1v) is 5.95. The molecular formula is C13H22N4. The molecule has 1 aromatic carbocycles. The molecule has 17 heavy (non-hydrogen) atoms. The summed E-state index contributed by atoms with van der Waals surface area (Å²) in [7, 11) is 0. The fourth-order valence-electron chi connectivity index (χ4n) is 1.61. The van der Waals surface area contributed by atoms with Gasteiger partial charge in [-0.25, -0.2) is 10.8 Å². The highest BCUT2D eigenvalue weighted by molar-refractivity contribution is 5.94. The van der Waals surface area contributed by atoms with Gasteiger partial charge in [0.1, 0.15) is 0 Å². The summed E-state index contributed by atoms with van der Waals surface area (Å²) in [5.41, 5.74) is 4.88. The van der Waals surface area contributed by atoms with Gasteiger partial charge in [-0.2, -0.15) is 0 Å². The molecule has 1 rings (SSSR count). The number of anilines is 1. The van der Waals surface area contributed by atoms with Crippen LogP contribution in [0.4, 0.5) is 5.69 Å². The Kier molecular flexibility index (Phi) is 4.97. The van der Waals surface area contributed by atoms with E-state index < -0.39 is 0 Å². The monoisotopic (exact) mass is 234 g/mol. The van der Waals surface area contributed by atoms with Crippen molar-refractivity contribution in [2.45, 2.75) is 39.7 Å². The molecule has 1 aromatic rings. The van der Waals surface area contributed by atoms with E-state index in [4.69, 9.17) is 5.84 Å². The number of rotatable bonds is 3. The highest BCUT2D eigenvalue weighted by Gasteiger charge is 2.07. The molecule has 4 N–H and O–H groups in total. The van der Waals surface area contributed by atoms with Crippen molar-refractivity contribution in [1.29, 1.82) is 0 Å². The number of para-hydroxylation sites is 1. The first kappa shape index (κ1) is 13.5. The molecule has 4 nitrogen and oxygen atoms in total. The van der Waals surface area contributed by atoms with E-state index >= 15 is 0 Å². The number of nitrogens with zero attached hydrogens (tertiary/aromatic N) is 1. The zero-order chi connectivity index (χ0) is 12.8. The van der Waals surface area contributed by atoms with Crippen molar-refractivity contribution in [1.82, 2.24) is 5.43 Å². The Morgan fingerprint density at radius 2 is 1.82 bits per heavy atom. The van der Waals surface area contributed by atoms with E-state index in [1.54, 1.807) is 0 Å². The van der Waals surface area contributed by atoms with Gasteiger partial charge < -0.3 is 5.32 Å². The molecule has 0 saturated heterocycles. The van der Waals surface area contributed by atoms with Gasteiger partial charge in [-0.3, -0.25) is 5.43 Å². The SMILES string of the molecule is CC(C)N=C(NN)Nc1ccccc1C(C)C. The second-order valence-corrected chi connectivity index (χ2v) is 4.58. The molecule has 0 aliphatic carbocycles. The number of guanidine groups is 1. The van der Waals surface area contributed by atoms with E-state index in [0.29, 0.717) is 11.9 Å². The Morgan fingerprint density at radius 1 is 1.18 bits per heavy atom. The van der Waals surface area contributed by atoms with Crippen molar-refractivity contribution >= 4 is 11.6 Å². The van der Waals surface area contributed by atoms with Crippen molar-refractivity contribution in [3.8, 4) is 0 Å². The lowest BCUT2D eigenvalue weighted by Crippen LogP contribution is -2.37. The summed E-state index contributed by atoms with van der Waals surface area (Å²) in [6.07, 6.45) is 0. The summed E-state index contributed by atoms with van der Waals surface area (Å²) in [4.78, 5) is 4.36. The summed E-state index contributed by atoms with van der Waals surface area (Å²) in [6.45, 7) is 8.34. The van der Waals surface area contributed by atoms with Crippen LogP contribution in [0.25, 0.3) is 0 Å². The Morgan fingerprint density at radius 3 is 2.35 bits per heavy atom. The zero-order valence-corrected chi connectivity index (χ0v) is 11.0. The topological polar surface area (TPSA) is 62.4 Å². The van der Waals surface area contributed by atoms with Crippen molar-refractivity contribution in [2.24, 2.45) is 10.8 Å². The molecular weight excluding hydrogens is 212 g/mol. The number of hydrazine groups is 1. The smallest absolute Gasteiger partial charge is 0.210 e. The molecule has 0 fully saturated rings. The average molecular weight is 234 g/mol. The fourth-order valence-corrected chi connectivity index (χ4v) is 1.61. The molecule has 0 amide bonds. The number of benzene rings is 1. The maximum Gasteiger partial charge on any atom is 0.210 e. The van der Waals surface area contributed by atoms with Crippen LogP contribution < -0.4 is 16.6 Å². The average Bonchev–Trinajstić information content (AvgIpc) is 2.28. The molecule has 0 aliphatic rings. The molecule has 0 spiro atoms. The normalized spacial score (nSPS) is 12.1. The molecule has 0 aliphatic heterocycles. The van der Waals surface area contributed by atoms with Crippen LogP contribution in [0.3, 0.4) is 0 Å². The fraction of sp³-hybridized carbons (Fsp3) is 0.462.